The van der Waals surface area contributed by atoms with E-state index in [0.717, 1.165) is 22.4 Å². The van der Waals surface area contributed by atoms with E-state index >= 15 is 0 Å². The molecule has 2 aromatic rings. The zero-order valence-corrected chi connectivity index (χ0v) is 12.9. The highest BCUT2D eigenvalue weighted by Crippen LogP contribution is 2.31. The molecule has 22 heavy (non-hydrogen) atoms. The van der Waals surface area contributed by atoms with E-state index in [2.05, 4.69) is 5.32 Å². The maximum absolute atomic E-state index is 12.2. The first-order valence-electron chi connectivity index (χ1n) is 7.00. The minimum absolute atomic E-state index is 0.124. The van der Waals surface area contributed by atoms with Crippen LogP contribution in [0.1, 0.15) is 27.0 Å². The van der Waals surface area contributed by atoms with Crippen molar-refractivity contribution in [3.8, 4) is 5.75 Å². The number of amides is 1. The fourth-order valence-corrected chi connectivity index (χ4v) is 2.63. The Morgan fingerprint density at radius 1 is 1.27 bits per heavy atom. The van der Waals surface area contributed by atoms with Gasteiger partial charge in [-0.3, -0.25) is 4.79 Å². The Bertz CT molecular complexity index is 698. The predicted octanol–water partition coefficient (Wildman–Crippen LogP) is 3.44. The smallest absolute Gasteiger partial charge is 0.251 e. The molecule has 1 N–H and O–H groups in total. The molecule has 0 radical (unpaired) electrons. The van der Waals surface area contributed by atoms with Gasteiger partial charge in [-0.2, -0.15) is 0 Å². The number of rotatable bonds is 3. The largest absolute Gasteiger partial charge is 0.467 e. The molecule has 1 heterocycles. The Kier molecular flexibility index (Phi) is 4.32. The summed E-state index contributed by atoms with van der Waals surface area (Å²) in [5.74, 6) is 0.626. The first-order valence-corrected chi connectivity index (χ1v) is 7.38. The molecule has 0 saturated carbocycles. The summed E-state index contributed by atoms with van der Waals surface area (Å²) in [6.45, 7) is 3.03. The average molecular weight is 318 g/mol. The van der Waals surface area contributed by atoms with E-state index in [9.17, 15) is 4.79 Å². The number of carbonyl (C=O) groups is 1. The summed E-state index contributed by atoms with van der Waals surface area (Å²) < 4.78 is 10.8. The molecule has 1 aliphatic rings. The summed E-state index contributed by atoms with van der Waals surface area (Å²) in [6, 6.07) is 11.1. The fourth-order valence-electron chi connectivity index (χ4n) is 2.37. The van der Waals surface area contributed by atoms with Gasteiger partial charge in [0.2, 0.25) is 0 Å². The fraction of sp³-hybridized carbons (Fsp3) is 0.235. The van der Waals surface area contributed by atoms with Gasteiger partial charge in [0.25, 0.3) is 5.91 Å². The molecule has 5 heteroatoms. The summed E-state index contributed by atoms with van der Waals surface area (Å²) >= 11 is 6.11. The lowest BCUT2D eigenvalue weighted by Crippen LogP contribution is -2.24. The van der Waals surface area contributed by atoms with Crippen molar-refractivity contribution in [1.82, 2.24) is 5.32 Å². The number of aryl methyl sites for hydroxylation is 1. The monoisotopic (exact) mass is 317 g/mol. The Morgan fingerprint density at radius 2 is 2.05 bits per heavy atom. The normalized spacial score (nSPS) is 13.2. The van der Waals surface area contributed by atoms with Crippen molar-refractivity contribution >= 4 is 17.5 Å². The van der Waals surface area contributed by atoms with Crippen LogP contribution in [-0.4, -0.2) is 12.7 Å². The second-order valence-electron chi connectivity index (χ2n) is 5.21. The summed E-state index contributed by atoms with van der Waals surface area (Å²) in [4.78, 5) is 12.2. The molecule has 0 aromatic heterocycles. The lowest BCUT2D eigenvalue weighted by Gasteiger charge is -2.21. The van der Waals surface area contributed by atoms with Crippen molar-refractivity contribution in [2.24, 2.45) is 0 Å². The third kappa shape index (κ3) is 3.24. The molecule has 0 spiro atoms. The number of hydrogen-bond acceptors (Lipinski definition) is 3. The van der Waals surface area contributed by atoms with Crippen LogP contribution in [-0.2, 0) is 17.9 Å². The standard InChI is InChI=1S/C17H16ClNO3/c1-11-2-4-12(5-3-11)17(20)19-8-13-6-15(18)7-14-9-21-10-22-16(13)14/h2-7H,8-10H2,1H3,(H,19,20). The topological polar surface area (TPSA) is 47.6 Å². The van der Waals surface area contributed by atoms with Crippen molar-refractivity contribution in [3.63, 3.8) is 0 Å². The van der Waals surface area contributed by atoms with E-state index < -0.39 is 0 Å². The van der Waals surface area contributed by atoms with E-state index in [1.165, 1.54) is 0 Å². The molecule has 1 amide bonds. The highest BCUT2D eigenvalue weighted by Gasteiger charge is 2.17. The molecule has 0 aliphatic carbocycles. The van der Waals surface area contributed by atoms with E-state index in [0.29, 0.717) is 23.7 Å². The number of benzene rings is 2. The van der Waals surface area contributed by atoms with Crippen molar-refractivity contribution in [1.29, 1.82) is 0 Å². The maximum atomic E-state index is 12.2. The molecule has 3 rings (SSSR count). The van der Waals surface area contributed by atoms with E-state index in [1.54, 1.807) is 6.07 Å². The molecule has 0 atom stereocenters. The molecule has 0 unspecified atom stereocenters. The van der Waals surface area contributed by atoms with Gasteiger partial charge in [0.1, 0.15) is 5.75 Å². The van der Waals surface area contributed by atoms with Crippen LogP contribution in [0, 0.1) is 6.92 Å². The summed E-state index contributed by atoms with van der Waals surface area (Å²) in [6.07, 6.45) is 0. The second kappa shape index (κ2) is 6.38. The van der Waals surface area contributed by atoms with Gasteiger partial charge in [0.15, 0.2) is 6.79 Å². The van der Waals surface area contributed by atoms with Crippen LogP contribution >= 0.6 is 11.6 Å². The van der Waals surface area contributed by atoms with Crippen LogP contribution in [0.4, 0.5) is 0 Å². The summed E-state index contributed by atoms with van der Waals surface area (Å²) in [5.41, 5.74) is 3.50. The quantitative estimate of drug-likeness (QED) is 0.943. The Hall–Kier alpha value is -2.04. The van der Waals surface area contributed by atoms with Gasteiger partial charge in [-0.15, -0.1) is 0 Å². The molecule has 0 bridgehead atoms. The SMILES string of the molecule is Cc1ccc(C(=O)NCc2cc(Cl)cc3c2OCOC3)cc1. The van der Waals surface area contributed by atoms with Gasteiger partial charge >= 0.3 is 0 Å². The van der Waals surface area contributed by atoms with Crippen molar-refractivity contribution in [3.05, 3.63) is 63.7 Å². The van der Waals surface area contributed by atoms with Gasteiger partial charge in [-0.25, -0.2) is 0 Å². The van der Waals surface area contributed by atoms with Gasteiger partial charge in [-0.1, -0.05) is 29.3 Å². The Balaban J connectivity index is 1.75. The highest BCUT2D eigenvalue weighted by molar-refractivity contribution is 6.30. The molecular formula is C17H16ClNO3. The van der Waals surface area contributed by atoms with E-state index in [-0.39, 0.29) is 12.7 Å². The van der Waals surface area contributed by atoms with Gasteiger partial charge in [0, 0.05) is 28.3 Å². The first-order chi connectivity index (χ1) is 10.6. The average Bonchev–Trinajstić information content (AvgIpc) is 2.52. The van der Waals surface area contributed by atoms with Gasteiger partial charge in [0.05, 0.1) is 6.61 Å². The van der Waals surface area contributed by atoms with Crippen LogP contribution in [0.5, 0.6) is 5.75 Å². The minimum atomic E-state index is -0.124. The molecular weight excluding hydrogens is 302 g/mol. The number of halogens is 1. The zero-order valence-electron chi connectivity index (χ0n) is 12.2. The summed E-state index contributed by atoms with van der Waals surface area (Å²) in [7, 11) is 0. The minimum Gasteiger partial charge on any atom is -0.467 e. The van der Waals surface area contributed by atoms with Gasteiger partial charge in [-0.05, 0) is 31.2 Å². The number of ether oxygens (including phenoxy) is 2. The summed E-state index contributed by atoms with van der Waals surface area (Å²) in [5, 5.41) is 3.50. The van der Waals surface area contributed by atoms with Crippen LogP contribution in [0.3, 0.4) is 0 Å². The predicted molar refractivity (Wildman–Crippen MR) is 84.1 cm³/mol. The number of carbonyl (C=O) groups excluding carboxylic acids is 1. The zero-order chi connectivity index (χ0) is 15.5. The number of fused-ring (bicyclic) bond motifs is 1. The Morgan fingerprint density at radius 3 is 2.82 bits per heavy atom. The van der Waals surface area contributed by atoms with Crippen LogP contribution in [0.15, 0.2) is 36.4 Å². The third-order valence-electron chi connectivity index (χ3n) is 3.50. The van der Waals surface area contributed by atoms with Crippen molar-refractivity contribution in [2.45, 2.75) is 20.1 Å². The lowest BCUT2D eigenvalue weighted by atomic mass is 10.1. The van der Waals surface area contributed by atoms with Crippen LogP contribution in [0.25, 0.3) is 0 Å². The number of hydrogen-bond donors (Lipinski definition) is 1. The third-order valence-corrected chi connectivity index (χ3v) is 3.72. The van der Waals surface area contributed by atoms with Crippen LogP contribution in [0.2, 0.25) is 5.02 Å². The first kappa shape index (κ1) is 14.9. The van der Waals surface area contributed by atoms with Gasteiger partial charge < -0.3 is 14.8 Å². The molecule has 2 aromatic carbocycles. The molecule has 0 saturated heterocycles. The van der Waals surface area contributed by atoms with E-state index in [1.807, 2.05) is 37.3 Å². The molecule has 4 nitrogen and oxygen atoms in total. The van der Waals surface area contributed by atoms with Crippen LogP contribution < -0.4 is 10.1 Å². The van der Waals surface area contributed by atoms with Crippen molar-refractivity contribution < 1.29 is 14.3 Å². The maximum Gasteiger partial charge on any atom is 0.251 e. The number of nitrogens with one attached hydrogen (secondary N) is 1. The second-order valence-corrected chi connectivity index (χ2v) is 5.65. The van der Waals surface area contributed by atoms with Crippen molar-refractivity contribution in [2.75, 3.05) is 6.79 Å². The van der Waals surface area contributed by atoms with E-state index in [4.69, 9.17) is 21.1 Å². The Labute approximate surface area is 134 Å². The lowest BCUT2D eigenvalue weighted by molar-refractivity contribution is -0.0170. The highest BCUT2D eigenvalue weighted by atomic mass is 35.5. The molecule has 114 valence electrons. The molecule has 1 aliphatic heterocycles. The molecule has 0 fully saturated rings.